The van der Waals surface area contributed by atoms with Crippen LogP contribution in [0.15, 0.2) is 0 Å². The lowest BCUT2D eigenvalue weighted by Gasteiger charge is -2.49. The van der Waals surface area contributed by atoms with Crippen LogP contribution in [0.1, 0.15) is 0 Å². The van der Waals surface area contributed by atoms with Crippen LogP contribution in [-0.2, 0) is 45.6 Å². The van der Waals surface area contributed by atoms with Crippen LogP contribution < -0.4 is 0 Å². The summed E-state index contributed by atoms with van der Waals surface area (Å²) in [6.45, 7) is 32.4. The maximum atomic E-state index is 6.83. The van der Waals surface area contributed by atoms with E-state index in [2.05, 4.69) is 58.9 Å². The Kier molecular flexibility index (Phi) is 11.4. The average molecular weight is 711 g/mol. The van der Waals surface area contributed by atoms with Gasteiger partial charge in [0.1, 0.15) is 0 Å². The molecule has 38 heavy (non-hydrogen) atoms. The van der Waals surface area contributed by atoms with Crippen molar-refractivity contribution in [1.29, 1.82) is 0 Å². The molecule has 224 valence electrons. The molecule has 5 atom stereocenters. The molecule has 0 spiro atoms. The van der Waals surface area contributed by atoms with Gasteiger partial charge in [0.05, 0.1) is 6.23 Å². The normalized spacial score (nSPS) is 38.8. The predicted molar refractivity (Wildman–Crippen MR) is 168 cm³/mol. The van der Waals surface area contributed by atoms with E-state index in [4.69, 9.17) is 45.6 Å². The van der Waals surface area contributed by atoms with Crippen molar-refractivity contribution in [2.75, 3.05) is 6.23 Å². The third-order valence-electron chi connectivity index (χ3n) is 4.51. The number of fused-ring (bicyclic) bond motifs is 2. The Labute approximate surface area is 242 Å². The SMILES string of the molecule is C[Si]1CO[Si](C)(O[Si](C)(C)C)O[Si]2(C)O[Si](C)(O1)O[Si](C)(O[Si](C)O[Si](C)(C)C)O[Si](C)(O[Si](C)(C)C)O2. The molecule has 0 saturated carbocycles. The molecule has 21 heteroatoms. The zero-order valence-electron chi connectivity index (χ0n) is 26.2. The number of rotatable bonds is 8. The predicted octanol–water partition coefficient (Wildman–Crippen LogP) is 4.82. The Morgan fingerprint density at radius 3 is 1.61 bits per heavy atom. The van der Waals surface area contributed by atoms with Crippen LogP contribution in [0.5, 0.6) is 0 Å². The molecule has 0 aromatic carbocycles. The van der Waals surface area contributed by atoms with Crippen molar-refractivity contribution in [3.63, 3.8) is 0 Å². The van der Waals surface area contributed by atoms with Crippen molar-refractivity contribution in [3.05, 3.63) is 0 Å². The van der Waals surface area contributed by atoms with Crippen molar-refractivity contribution in [2.45, 2.75) is 105 Å². The van der Waals surface area contributed by atoms with Crippen molar-refractivity contribution in [3.8, 4) is 0 Å². The van der Waals surface area contributed by atoms with Crippen molar-refractivity contribution in [1.82, 2.24) is 0 Å². The lowest BCUT2D eigenvalue weighted by molar-refractivity contribution is 0.0798. The second kappa shape index (κ2) is 12.0. The van der Waals surface area contributed by atoms with E-state index in [1.807, 2.05) is 45.8 Å². The molecular formula is C17H50O11Si10. The lowest BCUT2D eigenvalue weighted by Crippen LogP contribution is -2.73. The van der Waals surface area contributed by atoms with E-state index < -0.39 is 87.3 Å². The zero-order valence-corrected chi connectivity index (χ0v) is 36.2. The van der Waals surface area contributed by atoms with Gasteiger partial charge in [-0.2, -0.15) is 0 Å². The van der Waals surface area contributed by atoms with E-state index in [-0.39, 0.29) is 0 Å². The minimum Gasteiger partial charge on any atom is -0.436 e. The fraction of sp³-hybridized carbons (Fsp3) is 1.00. The summed E-state index contributed by atoms with van der Waals surface area (Å²) in [6.07, 6.45) is 0.374. The summed E-state index contributed by atoms with van der Waals surface area (Å²) >= 11 is 0. The zero-order chi connectivity index (χ0) is 29.6. The monoisotopic (exact) mass is 710 g/mol. The summed E-state index contributed by atoms with van der Waals surface area (Å²) in [5, 5.41) is 0. The van der Waals surface area contributed by atoms with Crippen LogP contribution in [0.4, 0.5) is 0 Å². The minimum absolute atomic E-state index is 0.374. The second-order valence-electron chi connectivity index (χ2n) is 13.2. The molecule has 2 fully saturated rings. The molecule has 0 aromatic rings. The standard InChI is InChI=1S/C17H50O11Si10/c1-29-17-18-34(12,22-32(6,7)8)24-38(16)26-35(13,19-29)25-36(14,21-30(2)20-31(3,4)5)27-37(15,28-38)23-33(9,10)11/h17H2,1-16H3. The highest BCUT2D eigenvalue weighted by Gasteiger charge is 2.66. The van der Waals surface area contributed by atoms with Crippen molar-refractivity contribution >= 4 is 87.3 Å². The first-order chi connectivity index (χ1) is 16.7. The highest BCUT2D eigenvalue weighted by molar-refractivity contribution is 6.95. The molecular weight excluding hydrogens is 661 g/mol. The molecule has 11 nitrogen and oxygen atoms in total. The smallest absolute Gasteiger partial charge is 0.436 e. The summed E-state index contributed by atoms with van der Waals surface area (Å²) in [6, 6.07) is 0. The van der Waals surface area contributed by atoms with Crippen LogP contribution in [0.25, 0.3) is 0 Å². The fourth-order valence-corrected chi connectivity index (χ4v) is 45.0. The first-order valence-corrected chi connectivity index (χ1v) is 38.2. The van der Waals surface area contributed by atoms with Gasteiger partial charge >= 0.3 is 53.3 Å². The molecule has 5 unspecified atom stereocenters. The summed E-state index contributed by atoms with van der Waals surface area (Å²) < 4.78 is 72.9. The molecule has 0 aliphatic carbocycles. The van der Waals surface area contributed by atoms with E-state index >= 15 is 0 Å². The quantitative estimate of drug-likeness (QED) is 0.324. The van der Waals surface area contributed by atoms with Gasteiger partial charge in [-0.25, -0.2) is 0 Å². The first kappa shape index (κ1) is 35.9. The third kappa shape index (κ3) is 12.1. The Balaban J connectivity index is 2.59. The molecule has 2 aliphatic rings. The van der Waals surface area contributed by atoms with E-state index in [0.717, 1.165) is 0 Å². The van der Waals surface area contributed by atoms with E-state index in [0.29, 0.717) is 6.23 Å². The molecule has 2 heterocycles. The number of hydrogen-bond donors (Lipinski definition) is 0. The Morgan fingerprint density at radius 1 is 0.632 bits per heavy atom. The Hall–Kier alpha value is 1.73. The molecule has 0 aromatic heterocycles. The van der Waals surface area contributed by atoms with Crippen molar-refractivity contribution < 1.29 is 45.6 Å². The first-order valence-electron chi connectivity index (χ1n) is 12.9. The Bertz CT molecular complexity index is 828. The second-order valence-corrected chi connectivity index (χ2v) is 45.6. The van der Waals surface area contributed by atoms with Gasteiger partial charge in [-0.15, -0.1) is 0 Å². The highest BCUT2D eigenvalue weighted by atomic mass is 28.6. The third-order valence-corrected chi connectivity index (χ3v) is 37.8. The molecule has 0 amide bonds. The van der Waals surface area contributed by atoms with Crippen LogP contribution in [0, 0.1) is 0 Å². The van der Waals surface area contributed by atoms with Gasteiger partial charge < -0.3 is 45.6 Å². The highest BCUT2D eigenvalue weighted by Crippen LogP contribution is 2.37. The van der Waals surface area contributed by atoms with Crippen LogP contribution in [-0.4, -0.2) is 93.5 Å². The topological polar surface area (TPSA) is 102 Å². The van der Waals surface area contributed by atoms with Gasteiger partial charge in [0.2, 0.25) is 9.04 Å². The van der Waals surface area contributed by atoms with Gasteiger partial charge in [-0.05, 0) is 72.0 Å². The van der Waals surface area contributed by atoms with E-state index in [1.54, 1.807) is 0 Å². The van der Waals surface area contributed by atoms with Gasteiger partial charge in [0, 0.05) is 32.7 Å². The van der Waals surface area contributed by atoms with Gasteiger partial charge in [-0.3, -0.25) is 0 Å². The maximum absolute atomic E-state index is 6.83. The summed E-state index contributed by atoms with van der Waals surface area (Å²) in [5.41, 5.74) is 0. The Morgan fingerprint density at radius 2 is 1.11 bits per heavy atom. The van der Waals surface area contributed by atoms with E-state index in [9.17, 15) is 0 Å². The van der Waals surface area contributed by atoms with Gasteiger partial charge in [0.25, 0.3) is 0 Å². The van der Waals surface area contributed by atoms with Crippen LogP contribution >= 0.6 is 0 Å². The molecule has 2 bridgehead atoms. The van der Waals surface area contributed by atoms with Crippen LogP contribution in [0.2, 0.25) is 105 Å². The number of hydrogen-bond acceptors (Lipinski definition) is 11. The summed E-state index contributed by atoms with van der Waals surface area (Å²) in [5.74, 6) is 0. The lowest BCUT2D eigenvalue weighted by atomic mass is 11.7. The van der Waals surface area contributed by atoms with Crippen molar-refractivity contribution in [2.24, 2.45) is 0 Å². The molecule has 0 N–H and O–H groups in total. The van der Waals surface area contributed by atoms with Crippen LogP contribution in [0.3, 0.4) is 0 Å². The fourth-order valence-electron chi connectivity index (χ4n) is 4.42. The largest absolute Gasteiger partial charge is 0.479 e. The summed E-state index contributed by atoms with van der Waals surface area (Å²) in [7, 11) is -26.3. The molecule has 2 rings (SSSR count). The summed E-state index contributed by atoms with van der Waals surface area (Å²) in [4.78, 5) is 0. The average Bonchev–Trinajstić information content (AvgIpc) is 2.53. The van der Waals surface area contributed by atoms with Gasteiger partial charge in [0.15, 0.2) is 25.0 Å². The maximum Gasteiger partial charge on any atom is 0.479 e. The molecule has 2 aliphatic heterocycles. The minimum atomic E-state index is -3.55. The molecule has 2 saturated heterocycles. The molecule has 2 radical (unpaired) electrons. The van der Waals surface area contributed by atoms with Gasteiger partial charge in [-0.1, -0.05) is 0 Å². The van der Waals surface area contributed by atoms with E-state index in [1.165, 1.54) is 0 Å².